The quantitative estimate of drug-likeness (QED) is 0.697. The van der Waals surface area contributed by atoms with Crippen LogP contribution in [0, 0.1) is 12.8 Å². The molecule has 1 fully saturated rings. The van der Waals surface area contributed by atoms with Crippen molar-refractivity contribution in [2.24, 2.45) is 13.0 Å². The molecule has 1 saturated heterocycles. The number of aromatic nitrogens is 4. The molecule has 148 valence electrons. The zero-order chi connectivity index (χ0) is 18.6. The Kier molecular flexibility index (Phi) is 5.90. The normalized spacial score (nSPS) is 21.5. The SMILES string of the molecule is Cc1cc(CN2Cc3ccnn3C(CCOCC3CCOCC3)C2)n(C)n1. The van der Waals surface area contributed by atoms with Gasteiger partial charge in [-0.15, -0.1) is 0 Å². The van der Waals surface area contributed by atoms with Crippen LogP contribution in [0.15, 0.2) is 18.3 Å². The lowest BCUT2D eigenvalue weighted by molar-refractivity contribution is 0.0154. The van der Waals surface area contributed by atoms with E-state index in [2.05, 4.69) is 31.9 Å². The first-order valence-corrected chi connectivity index (χ1v) is 10.1. The van der Waals surface area contributed by atoms with E-state index in [1.165, 1.54) is 11.4 Å². The van der Waals surface area contributed by atoms with E-state index in [-0.39, 0.29) is 0 Å². The van der Waals surface area contributed by atoms with Gasteiger partial charge in [-0.1, -0.05) is 0 Å². The van der Waals surface area contributed by atoms with E-state index in [1.54, 1.807) is 0 Å². The summed E-state index contributed by atoms with van der Waals surface area (Å²) in [7, 11) is 2.03. The van der Waals surface area contributed by atoms with Crippen LogP contribution in [0.3, 0.4) is 0 Å². The molecular weight excluding hydrogens is 342 g/mol. The summed E-state index contributed by atoms with van der Waals surface area (Å²) in [6.45, 7) is 8.32. The fourth-order valence-corrected chi connectivity index (χ4v) is 4.22. The number of aryl methyl sites for hydroxylation is 2. The molecule has 1 atom stereocenters. The van der Waals surface area contributed by atoms with Crippen molar-refractivity contribution in [3.8, 4) is 0 Å². The minimum absolute atomic E-state index is 0.368. The van der Waals surface area contributed by atoms with Crippen LogP contribution in [-0.2, 0) is 29.6 Å². The Morgan fingerprint density at radius 2 is 2.15 bits per heavy atom. The third-order valence-electron chi connectivity index (χ3n) is 5.73. The van der Waals surface area contributed by atoms with Crippen molar-refractivity contribution in [2.45, 2.75) is 45.3 Å². The van der Waals surface area contributed by atoms with Gasteiger partial charge < -0.3 is 9.47 Å². The molecule has 1 unspecified atom stereocenters. The van der Waals surface area contributed by atoms with Gasteiger partial charge in [0, 0.05) is 59.3 Å². The number of fused-ring (bicyclic) bond motifs is 1. The predicted octanol–water partition coefficient (Wildman–Crippen LogP) is 2.32. The van der Waals surface area contributed by atoms with E-state index < -0.39 is 0 Å². The van der Waals surface area contributed by atoms with Crippen LogP contribution >= 0.6 is 0 Å². The Morgan fingerprint density at radius 1 is 1.30 bits per heavy atom. The van der Waals surface area contributed by atoms with Crippen molar-refractivity contribution in [2.75, 3.05) is 33.0 Å². The zero-order valence-corrected chi connectivity index (χ0v) is 16.5. The molecule has 2 aliphatic heterocycles. The van der Waals surface area contributed by atoms with Crippen LogP contribution in [-0.4, -0.2) is 57.4 Å². The van der Waals surface area contributed by atoms with Gasteiger partial charge in [0.05, 0.1) is 23.1 Å². The molecule has 0 aromatic carbocycles. The largest absolute Gasteiger partial charge is 0.381 e. The molecule has 0 saturated carbocycles. The van der Waals surface area contributed by atoms with Crippen LogP contribution in [0.4, 0.5) is 0 Å². The van der Waals surface area contributed by atoms with Crippen LogP contribution in [0.1, 0.15) is 42.4 Å². The summed E-state index contributed by atoms with van der Waals surface area (Å²) in [6, 6.07) is 4.68. The molecule has 0 amide bonds. The number of hydrogen-bond acceptors (Lipinski definition) is 5. The minimum atomic E-state index is 0.368. The Hall–Kier alpha value is -1.70. The number of nitrogens with zero attached hydrogens (tertiary/aromatic N) is 5. The van der Waals surface area contributed by atoms with Crippen molar-refractivity contribution >= 4 is 0 Å². The van der Waals surface area contributed by atoms with Gasteiger partial charge in [0.2, 0.25) is 0 Å². The van der Waals surface area contributed by atoms with Crippen molar-refractivity contribution in [3.63, 3.8) is 0 Å². The highest BCUT2D eigenvalue weighted by Gasteiger charge is 2.26. The van der Waals surface area contributed by atoms with Gasteiger partial charge in [0.15, 0.2) is 0 Å². The second kappa shape index (κ2) is 8.54. The van der Waals surface area contributed by atoms with Crippen molar-refractivity contribution in [3.05, 3.63) is 35.4 Å². The lowest BCUT2D eigenvalue weighted by Gasteiger charge is -2.34. The lowest BCUT2D eigenvalue weighted by atomic mass is 10.0. The number of hydrogen-bond donors (Lipinski definition) is 0. The Balaban J connectivity index is 1.32. The molecule has 2 aromatic rings. The van der Waals surface area contributed by atoms with Crippen molar-refractivity contribution < 1.29 is 9.47 Å². The van der Waals surface area contributed by atoms with Gasteiger partial charge >= 0.3 is 0 Å². The predicted molar refractivity (Wildman–Crippen MR) is 102 cm³/mol. The molecule has 0 N–H and O–H groups in total. The highest BCUT2D eigenvalue weighted by molar-refractivity contribution is 5.10. The molecule has 0 aliphatic carbocycles. The van der Waals surface area contributed by atoms with E-state index in [0.717, 1.165) is 71.0 Å². The third-order valence-corrected chi connectivity index (χ3v) is 5.73. The molecule has 7 heteroatoms. The third kappa shape index (κ3) is 4.59. The molecule has 0 bridgehead atoms. The average molecular weight is 374 g/mol. The summed E-state index contributed by atoms with van der Waals surface area (Å²) in [5.41, 5.74) is 3.62. The monoisotopic (exact) mass is 373 g/mol. The number of ether oxygens (including phenoxy) is 2. The summed E-state index contributed by atoms with van der Waals surface area (Å²) >= 11 is 0. The topological polar surface area (TPSA) is 57.3 Å². The smallest absolute Gasteiger partial charge is 0.0672 e. The van der Waals surface area contributed by atoms with Gasteiger partial charge in [-0.05, 0) is 44.2 Å². The Bertz CT molecular complexity index is 735. The molecular formula is C20H31N5O2. The summed E-state index contributed by atoms with van der Waals surface area (Å²) < 4.78 is 15.6. The van der Waals surface area contributed by atoms with E-state index in [0.29, 0.717) is 12.0 Å². The van der Waals surface area contributed by atoms with E-state index in [4.69, 9.17) is 9.47 Å². The minimum Gasteiger partial charge on any atom is -0.381 e. The van der Waals surface area contributed by atoms with E-state index in [1.807, 2.05) is 24.9 Å². The second-order valence-electron chi connectivity index (χ2n) is 7.91. The molecule has 27 heavy (non-hydrogen) atoms. The van der Waals surface area contributed by atoms with Gasteiger partial charge in [-0.3, -0.25) is 14.3 Å². The van der Waals surface area contributed by atoms with Crippen molar-refractivity contribution in [1.82, 2.24) is 24.5 Å². The maximum atomic E-state index is 6.01. The second-order valence-corrected chi connectivity index (χ2v) is 7.91. The highest BCUT2D eigenvalue weighted by atomic mass is 16.5. The first-order valence-electron chi connectivity index (χ1n) is 10.1. The maximum absolute atomic E-state index is 6.01. The summed E-state index contributed by atoms with van der Waals surface area (Å²) in [4.78, 5) is 2.50. The Morgan fingerprint density at radius 3 is 2.93 bits per heavy atom. The van der Waals surface area contributed by atoms with Crippen LogP contribution in [0.25, 0.3) is 0 Å². The van der Waals surface area contributed by atoms with Gasteiger partial charge in [0.1, 0.15) is 0 Å². The Labute approximate surface area is 161 Å². The molecule has 7 nitrogen and oxygen atoms in total. The van der Waals surface area contributed by atoms with Crippen molar-refractivity contribution in [1.29, 1.82) is 0 Å². The van der Waals surface area contributed by atoms with Gasteiger partial charge in [-0.2, -0.15) is 10.2 Å². The molecule has 4 rings (SSSR count). The van der Waals surface area contributed by atoms with Crippen LogP contribution in [0.2, 0.25) is 0 Å². The van der Waals surface area contributed by atoms with Crippen LogP contribution in [0.5, 0.6) is 0 Å². The fourth-order valence-electron chi connectivity index (χ4n) is 4.22. The molecule has 0 radical (unpaired) electrons. The van der Waals surface area contributed by atoms with Crippen LogP contribution < -0.4 is 0 Å². The summed E-state index contributed by atoms with van der Waals surface area (Å²) in [6.07, 6.45) is 5.18. The fraction of sp³-hybridized carbons (Fsp3) is 0.700. The molecule has 4 heterocycles. The first-order chi connectivity index (χ1) is 13.2. The molecule has 0 spiro atoms. The lowest BCUT2D eigenvalue weighted by Crippen LogP contribution is -2.38. The molecule has 2 aromatic heterocycles. The number of rotatable bonds is 7. The summed E-state index contributed by atoms with van der Waals surface area (Å²) in [5, 5.41) is 9.05. The maximum Gasteiger partial charge on any atom is 0.0672 e. The zero-order valence-electron chi connectivity index (χ0n) is 16.5. The van der Waals surface area contributed by atoms with Gasteiger partial charge in [-0.25, -0.2) is 0 Å². The molecule has 2 aliphatic rings. The van der Waals surface area contributed by atoms with Gasteiger partial charge in [0.25, 0.3) is 0 Å². The summed E-state index contributed by atoms with van der Waals surface area (Å²) in [5.74, 6) is 0.662. The first kappa shape index (κ1) is 18.7. The van der Waals surface area contributed by atoms with E-state index >= 15 is 0 Å². The van der Waals surface area contributed by atoms with E-state index in [9.17, 15) is 0 Å². The standard InChI is InChI=1S/C20H31N5O2/c1-16-11-20(23(2)22-16)14-24-12-18-3-7-21-25(18)19(13-24)6-10-27-15-17-4-8-26-9-5-17/h3,7,11,17,19H,4-6,8-10,12-15H2,1-2H3. The highest BCUT2D eigenvalue weighted by Crippen LogP contribution is 2.25. The average Bonchev–Trinajstić information content (AvgIpc) is 3.25.